The van der Waals surface area contributed by atoms with Gasteiger partial charge < -0.3 is 52.1 Å². The highest BCUT2D eigenvalue weighted by Gasteiger charge is 2.40. The van der Waals surface area contributed by atoms with Crippen molar-refractivity contribution in [2.45, 2.75) is 249 Å². The Hall–Kier alpha value is -12.1. The van der Waals surface area contributed by atoms with Crippen LogP contribution in [0.25, 0.3) is 82.3 Å². The van der Waals surface area contributed by atoms with Gasteiger partial charge in [-0.25, -0.2) is 24.9 Å². The van der Waals surface area contributed by atoms with Crippen molar-refractivity contribution in [3.63, 3.8) is 0 Å². The number of hydrogen-bond acceptors (Lipinski definition) is 20. The van der Waals surface area contributed by atoms with Crippen LogP contribution in [0.2, 0.25) is 0 Å². The van der Waals surface area contributed by atoms with Crippen molar-refractivity contribution in [3.05, 3.63) is 265 Å². The summed E-state index contributed by atoms with van der Waals surface area (Å²) in [4.78, 5) is 141. The minimum atomic E-state index is -1.07. The van der Waals surface area contributed by atoms with Crippen LogP contribution in [0.1, 0.15) is 177 Å². The monoisotopic (exact) mass is 2370 g/mol. The van der Waals surface area contributed by atoms with Gasteiger partial charge in [0, 0.05) is 38.8 Å². The van der Waals surface area contributed by atoms with Crippen LogP contribution < -0.4 is 26.6 Å². The van der Waals surface area contributed by atoms with Crippen LogP contribution >= 0.6 is 123 Å². The third-order valence-corrected chi connectivity index (χ3v) is 32.7. The molecule has 5 amide bonds. The molecule has 0 aliphatic heterocycles. The van der Waals surface area contributed by atoms with Crippen LogP contribution in [-0.2, 0) is 54.4 Å². The number of carboxylic acids is 5. The molecule has 5 aromatic heterocycles. The summed E-state index contributed by atoms with van der Waals surface area (Å²) in [7, 11) is 0. The molecular formula is C110H119Br4N15O15S5. The lowest BCUT2D eigenvalue weighted by atomic mass is 9.95. The number of carboxylic acid groups (broad SMARTS) is 5. The third kappa shape index (κ3) is 27.5. The zero-order valence-corrected chi connectivity index (χ0v) is 96.2. The second-order valence-electron chi connectivity index (χ2n) is 38.5. The Kier molecular flexibility index (Phi) is 37.9. The fourth-order valence-corrected chi connectivity index (χ4v) is 23.2. The number of amides is 5. The highest BCUT2D eigenvalue weighted by atomic mass is 79.9. The zero-order valence-electron chi connectivity index (χ0n) is 85.8. The predicted octanol–water partition coefficient (Wildman–Crippen LogP) is 23.7. The lowest BCUT2D eigenvalue weighted by Gasteiger charge is -2.24. The molecule has 0 saturated heterocycles. The summed E-state index contributed by atoms with van der Waals surface area (Å²) in [6.45, 7) is 35.3. The van der Waals surface area contributed by atoms with Gasteiger partial charge in [0.15, 0.2) is 25.8 Å². The topological polar surface area (TPSA) is 421 Å². The van der Waals surface area contributed by atoms with E-state index >= 15 is 0 Å². The Labute approximate surface area is 918 Å². The summed E-state index contributed by atoms with van der Waals surface area (Å²) in [6, 6.07) is 59.2. The van der Waals surface area contributed by atoms with E-state index in [4.69, 9.17) is 25.5 Å². The van der Waals surface area contributed by atoms with Gasteiger partial charge in [-0.05, 0) is 292 Å². The van der Waals surface area contributed by atoms with Crippen molar-refractivity contribution >= 4 is 236 Å². The summed E-state index contributed by atoms with van der Waals surface area (Å²) in [6.07, 6.45) is 12.0. The van der Waals surface area contributed by atoms with E-state index in [0.717, 1.165) is 96.7 Å². The molecule has 0 radical (unpaired) electrons. The molecule has 149 heavy (non-hydrogen) atoms. The average molecular weight is 2370 g/mol. The number of fused-ring (bicyclic) bond motifs is 5. The molecule has 15 aromatic rings. The molecule has 5 heterocycles. The molecule has 1 aliphatic carbocycles. The molecule has 0 bridgehead atoms. The van der Waals surface area contributed by atoms with E-state index in [0.29, 0.717) is 37.6 Å². The Bertz CT molecular complexity index is 7420. The average Bonchev–Trinajstić information content (AvgIpc) is 1.66. The van der Waals surface area contributed by atoms with Gasteiger partial charge in [-0.3, -0.25) is 70.8 Å². The van der Waals surface area contributed by atoms with Gasteiger partial charge in [0.2, 0.25) is 29.5 Å². The Morgan fingerprint density at radius 1 is 0.322 bits per heavy atom. The van der Waals surface area contributed by atoms with Crippen LogP contribution in [0.15, 0.2) is 263 Å². The minimum absolute atomic E-state index is 0.350. The van der Waals surface area contributed by atoms with Crippen LogP contribution in [0.3, 0.4) is 0 Å². The quantitative estimate of drug-likeness (QED) is 0.0171. The van der Waals surface area contributed by atoms with E-state index in [1.54, 1.807) is 100 Å². The molecule has 5 atom stereocenters. The third-order valence-electron chi connectivity index (χ3n) is 24.7. The molecule has 1 saturated carbocycles. The molecule has 10 aromatic carbocycles. The maximum Gasteiger partial charge on any atom is 0.325 e. The van der Waals surface area contributed by atoms with E-state index in [1.165, 1.54) is 145 Å². The van der Waals surface area contributed by atoms with E-state index in [9.17, 15) is 47.9 Å². The first-order valence-corrected chi connectivity index (χ1v) is 55.1. The van der Waals surface area contributed by atoms with E-state index in [1.807, 2.05) is 103 Å². The number of hydrogen-bond donors (Lipinski definition) is 10. The Morgan fingerprint density at radius 3 is 0.940 bits per heavy atom. The zero-order chi connectivity index (χ0) is 109. The van der Waals surface area contributed by atoms with Crippen LogP contribution in [0.4, 0.5) is 0 Å². The molecule has 30 nitrogen and oxygen atoms in total. The first-order chi connectivity index (χ1) is 70.2. The smallest absolute Gasteiger partial charge is 0.325 e. The molecule has 5 unspecified atom stereocenters. The summed E-state index contributed by atoms with van der Waals surface area (Å²) in [5.74, 6) is -6.13. The largest absolute Gasteiger partial charge is 0.480 e. The number of aromatic nitrogens is 10. The number of aryl methyl sites for hydroxylation is 3. The highest BCUT2D eigenvalue weighted by molar-refractivity contribution is 9.11. The van der Waals surface area contributed by atoms with Gasteiger partial charge in [0.25, 0.3) is 0 Å². The van der Waals surface area contributed by atoms with Gasteiger partial charge in [0.05, 0.1) is 77.0 Å². The second kappa shape index (κ2) is 48.9. The van der Waals surface area contributed by atoms with Crippen molar-refractivity contribution in [3.8, 4) is 28.4 Å². The van der Waals surface area contributed by atoms with Crippen LogP contribution in [0, 0.1) is 13.8 Å². The summed E-state index contributed by atoms with van der Waals surface area (Å²) < 4.78 is 8.44. The van der Waals surface area contributed by atoms with E-state index in [2.05, 4.69) is 258 Å². The number of thioether (sulfide) groups is 5. The lowest BCUT2D eigenvalue weighted by molar-refractivity contribution is -0.141. The summed E-state index contributed by atoms with van der Waals surface area (Å²) >= 11 is 20.8. The van der Waals surface area contributed by atoms with Crippen molar-refractivity contribution in [2.24, 2.45) is 0 Å². The molecule has 782 valence electrons. The minimum Gasteiger partial charge on any atom is -0.480 e. The van der Waals surface area contributed by atoms with E-state index < -0.39 is 83.8 Å². The fraction of sp³-hybridized carbons (Fsp3) is 0.318. The number of imidazole rings is 5. The van der Waals surface area contributed by atoms with Gasteiger partial charge in [-0.1, -0.05) is 237 Å². The first kappa shape index (κ1) is 116. The predicted molar refractivity (Wildman–Crippen MR) is 607 cm³/mol. The second-order valence-corrected chi connectivity index (χ2v) is 49.7. The van der Waals surface area contributed by atoms with Crippen molar-refractivity contribution < 1.29 is 73.5 Å². The summed E-state index contributed by atoms with van der Waals surface area (Å²) in [5, 5.41) is 72.7. The van der Waals surface area contributed by atoms with Crippen LogP contribution in [0.5, 0.6) is 0 Å². The number of carbonyl (C=O) groups excluding carboxylic acids is 5. The first-order valence-electron chi connectivity index (χ1n) is 47.8. The molecule has 1 fully saturated rings. The van der Waals surface area contributed by atoms with Gasteiger partial charge in [-0.2, -0.15) is 0 Å². The molecular weight excluding hydrogens is 2250 g/mol. The number of halogens is 4. The number of rotatable bonds is 33. The maximum absolute atomic E-state index is 12.7. The number of nitrogens with zero attached hydrogens (tertiary/aromatic N) is 10. The Morgan fingerprint density at radius 2 is 0.591 bits per heavy atom. The molecule has 0 spiro atoms. The number of aliphatic carboxylic acids is 5. The van der Waals surface area contributed by atoms with Gasteiger partial charge in [0.1, 0.15) is 48.6 Å². The fourth-order valence-electron chi connectivity index (χ4n) is 15.9. The lowest BCUT2D eigenvalue weighted by Crippen LogP contribution is -2.47. The highest BCUT2D eigenvalue weighted by Crippen LogP contribution is 2.48. The van der Waals surface area contributed by atoms with Crippen LogP contribution in [-0.4, -0.2) is 187 Å². The van der Waals surface area contributed by atoms with Gasteiger partial charge in [-0.15, -0.1) is 0 Å². The van der Waals surface area contributed by atoms with Gasteiger partial charge >= 0.3 is 29.8 Å². The maximum atomic E-state index is 12.7. The van der Waals surface area contributed by atoms with Crippen molar-refractivity contribution in [1.29, 1.82) is 0 Å². The summed E-state index contributed by atoms with van der Waals surface area (Å²) in [5.41, 5.74) is 10.9. The van der Waals surface area contributed by atoms with Crippen molar-refractivity contribution in [2.75, 3.05) is 0 Å². The van der Waals surface area contributed by atoms with Crippen molar-refractivity contribution in [1.82, 2.24) is 74.3 Å². The normalized spacial score (nSPS) is 13.2. The Balaban J connectivity index is 0.000000165. The number of benzene rings is 10. The SMILES string of the molecule is CC(NC(=O)C(C)(C)Sc1ncc(Br)n1-c1ccc(C(C)C)c2ccccc12)C(=O)O.CC(NC(=O)C(C)(C)Sc1ncc(Br)n1-c1ccc(C2CC2)c2ccccc12)C(=O)O.CCc1ccc(-n2c(Br)cnc2SC(C)(C)C(=O)NC(C)C(=O)O)c2ccccc12.Cc1ccc(-n2c(Br)cnc2SC(C)(C)C(=O)NC(C)C(=O)O)c2ccccc12.Cc1cnc(SC(C)(C)C(=O)NC(C)C(=O)O)n1-c1cccc2ccccc12. The molecule has 39 heteroatoms. The molecule has 1 aliphatic rings. The standard InChI is InChI=1S/C23H24BrN3O3S.C23H26BrN3O3S.C22H24BrN3O3S.C21H22BrN3O3S.C21H23N3O3S/c1-13(20(28)29)26-21(30)23(2,3)31-22-25-12-19(24)27(22)18-11-10-15(14-8-9-14)16-6-4-5-7-17(16)18;1-13(2)15-10-11-18(17-9-7-6-8-16(15)17)27-19(24)12-25-22(27)31-23(4,5)21(30)26-14(3)20(28)29;1-5-14-10-11-17(16-9-7-6-8-15(14)16)26-18(23)12-24-21(26)30-22(3,4)20(29)25-13(2)19(27)28;1-12-9-10-16(15-8-6-5-7-14(12)15)25-17(22)11-23-20(25)29-21(3,4)19(28)24-13(2)18(26)27;1-13-12-22-20(28-21(3,4)19(27)23-14(2)18(25)26)24(13)17-11-7-9-15-8-5-6-10-16(15)17/h4-7,10-14H,8-9H2,1-3H3,(H,26,30)(H,28,29);6-14H,1-5H3,(H,26,30)(H,28,29);6-13H,5H2,1-4H3,(H,25,29)(H,27,28);5-11,13H,1-4H3,(H,24,28)(H,26,27);5-12,14H,1-4H3,(H,23,27)(H,25,26). The molecule has 16 rings (SSSR count). The van der Waals surface area contributed by atoms with E-state index in [-0.39, 0.29) is 29.5 Å². The number of carbonyl (C=O) groups is 10. The number of nitrogens with one attached hydrogen (secondary N) is 5. The molecule has 10 N–H and O–H groups in total.